The van der Waals surface area contributed by atoms with Gasteiger partial charge in [0.2, 0.25) is 0 Å². The number of hydrogen-bond acceptors (Lipinski definition) is 3. The summed E-state index contributed by atoms with van der Waals surface area (Å²) in [5.41, 5.74) is 5.83. The lowest BCUT2D eigenvalue weighted by atomic mass is 9.96. The van der Waals surface area contributed by atoms with Crippen LogP contribution in [0, 0.1) is 11.8 Å². The lowest BCUT2D eigenvalue weighted by Gasteiger charge is -2.34. The van der Waals surface area contributed by atoms with Gasteiger partial charge in [0.25, 0.3) is 0 Å². The standard InChI is InChI=1S/C12H27N3/c1-11(2)8-12(9-13)10-15-6-4-14(3)5-7-15/h11-12H,4-10,13H2,1-3H3. The first kappa shape index (κ1) is 12.9. The van der Waals surface area contributed by atoms with Crippen LogP contribution in [0.15, 0.2) is 0 Å². The van der Waals surface area contributed by atoms with Gasteiger partial charge in [0.1, 0.15) is 0 Å². The summed E-state index contributed by atoms with van der Waals surface area (Å²) >= 11 is 0. The highest BCUT2D eigenvalue weighted by atomic mass is 15.2. The Morgan fingerprint density at radius 1 is 1.13 bits per heavy atom. The number of likely N-dealkylation sites (N-methyl/N-ethyl adjacent to an activating group) is 1. The van der Waals surface area contributed by atoms with Crippen molar-refractivity contribution in [3.05, 3.63) is 0 Å². The SMILES string of the molecule is CC(C)CC(CN)CN1CCN(C)CC1. The van der Waals surface area contributed by atoms with Crippen LogP contribution in [-0.4, -0.2) is 56.1 Å². The molecule has 90 valence electrons. The average molecular weight is 213 g/mol. The van der Waals surface area contributed by atoms with Crippen molar-refractivity contribution < 1.29 is 0 Å². The van der Waals surface area contributed by atoms with Gasteiger partial charge < -0.3 is 15.5 Å². The fourth-order valence-electron chi connectivity index (χ4n) is 2.31. The first-order chi connectivity index (χ1) is 7.11. The Morgan fingerprint density at radius 2 is 1.73 bits per heavy atom. The highest BCUT2D eigenvalue weighted by Crippen LogP contribution is 2.13. The van der Waals surface area contributed by atoms with E-state index >= 15 is 0 Å². The summed E-state index contributed by atoms with van der Waals surface area (Å²) in [6.45, 7) is 11.4. The van der Waals surface area contributed by atoms with Crippen LogP contribution in [0.4, 0.5) is 0 Å². The summed E-state index contributed by atoms with van der Waals surface area (Å²) in [5.74, 6) is 1.46. The molecule has 1 aliphatic rings. The Balaban J connectivity index is 2.25. The maximum Gasteiger partial charge on any atom is 0.0110 e. The van der Waals surface area contributed by atoms with Crippen LogP contribution < -0.4 is 5.73 Å². The molecule has 1 heterocycles. The molecule has 15 heavy (non-hydrogen) atoms. The van der Waals surface area contributed by atoms with Gasteiger partial charge in [-0.1, -0.05) is 13.8 Å². The van der Waals surface area contributed by atoms with Crippen molar-refractivity contribution in [3.8, 4) is 0 Å². The molecule has 0 aliphatic carbocycles. The summed E-state index contributed by atoms with van der Waals surface area (Å²) in [6.07, 6.45) is 1.27. The highest BCUT2D eigenvalue weighted by Gasteiger charge is 2.18. The summed E-state index contributed by atoms with van der Waals surface area (Å²) < 4.78 is 0. The zero-order valence-electron chi connectivity index (χ0n) is 10.6. The number of hydrogen-bond donors (Lipinski definition) is 1. The second kappa shape index (κ2) is 6.46. The minimum absolute atomic E-state index is 0.688. The molecule has 0 spiro atoms. The maximum absolute atomic E-state index is 5.83. The van der Waals surface area contributed by atoms with Crippen LogP contribution in [0.3, 0.4) is 0 Å². The highest BCUT2D eigenvalue weighted by molar-refractivity contribution is 4.73. The Labute approximate surface area is 94.6 Å². The molecule has 1 aliphatic heterocycles. The number of nitrogens with two attached hydrogens (primary N) is 1. The zero-order chi connectivity index (χ0) is 11.3. The van der Waals surface area contributed by atoms with E-state index in [1.54, 1.807) is 0 Å². The van der Waals surface area contributed by atoms with E-state index in [4.69, 9.17) is 5.73 Å². The van der Waals surface area contributed by atoms with Crippen LogP contribution in [0.2, 0.25) is 0 Å². The third-order valence-electron chi connectivity index (χ3n) is 3.25. The molecule has 0 bridgehead atoms. The molecule has 1 saturated heterocycles. The molecule has 2 N–H and O–H groups in total. The molecule has 0 aromatic heterocycles. The van der Waals surface area contributed by atoms with Gasteiger partial charge in [-0.3, -0.25) is 0 Å². The molecule has 0 aromatic carbocycles. The van der Waals surface area contributed by atoms with Crippen LogP contribution >= 0.6 is 0 Å². The lowest BCUT2D eigenvalue weighted by molar-refractivity contribution is 0.132. The van der Waals surface area contributed by atoms with Gasteiger partial charge in [-0.05, 0) is 31.8 Å². The van der Waals surface area contributed by atoms with Gasteiger partial charge >= 0.3 is 0 Å². The van der Waals surface area contributed by atoms with Crippen LogP contribution in [0.5, 0.6) is 0 Å². The molecule has 3 nitrogen and oxygen atoms in total. The summed E-state index contributed by atoms with van der Waals surface area (Å²) in [5, 5.41) is 0. The minimum atomic E-state index is 0.688. The molecular weight excluding hydrogens is 186 g/mol. The van der Waals surface area contributed by atoms with Gasteiger partial charge in [0, 0.05) is 32.7 Å². The molecule has 0 aromatic rings. The first-order valence-corrected chi connectivity index (χ1v) is 6.22. The number of rotatable bonds is 5. The Kier molecular flexibility index (Phi) is 5.58. The van der Waals surface area contributed by atoms with Crippen LogP contribution in [0.1, 0.15) is 20.3 Å². The molecule has 1 unspecified atom stereocenters. The molecule has 0 radical (unpaired) electrons. The van der Waals surface area contributed by atoms with Gasteiger partial charge in [-0.15, -0.1) is 0 Å². The third-order valence-corrected chi connectivity index (χ3v) is 3.25. The van der Waals surface area contributed by atoms with E-state index in [1.165, 1.54) is 39.1 Å². The predicted molar refractivity (Wildman–Crippen MR) is 65.9 cm³/mol. The second-order valence-corrected chi connectivity index (χ2v) is 5.34. The fraction of sp³-hybridized carbons (Fsp3) is 1.00. The molecule has 0 saturated carbocycles. The Morgan fingerprint density at radius 3 is 2.20 bits per heavy atom. The van der Waals surface area contributed by atoms with Crippen LogP contribution in [0.25, 0.3) is 0 Å². The lowest BCUT2D eigenvalue weighted by Crippen LogP contribution is -2.46. The maximum atomic E-state index is 5.83. The number of piperazine rings is 1. The average Bonchev–Trinajstić information content (AvgIpc) is 2.19. The van der Waals surface area contributed by atoms with Gasteiger partial charge in [-0.25, -0.2) is 0 Å². The second-order valence-electron chi connectivity index (χ2n) is 5.34. The van der Waals surface area contributed by atoms with E-state index in [0.717, 1.165) is 12.5 Å². The summed E-state index contributed by atoms with van der Waals surface area (Å²) in [7, 11) is 2.20. The van der Waals surface area contributed by atoms with Gasteiger partial charge in [0.05, 0.1) is 0 Å². The van der Waals surface area contributed by atoms with Crippen molar-refractivity contribution in [2.24, 2.45) is 17.6 Å². The van der Waals surface area contributed by atoms with Gasteiger partial charge in [0.15, 0.2) is 0 Å². The fourth-order valence-corrected chi connectivity index (χ4v) is 2.31. The monoisotopic (exact) mass is 213 g/mol. The molecular formula is C12H27N3. The molecule has 1 fully saturated rings. The van der Waals surface area contributed by atoms with E-state index in [-0.39, 0.29) is 0 Å². The van der Waals surface area contributed by atoms with E-state index in [2.05, 4.69) is 30.7 Å². The normalized spacial score (nSPS) is 22.2. The van der Waals surface area contributed by atoms with Crippen LogP contribution in [-0.2, 0) is 0 Å². The minimum Gasteiger partial charge on any atom is -0.330 e. The Hall–Kier alpha value is -0.120. The largest absolute Gasteiger partial charge is 0.330 e. The smallest absolute Gasteiger partial charge is 0.0110 e. The van der Waals surface area contributed by atoms with Crippen molar-refractivity contribution in [1.82, 2.24) is 9.80 Å². The predicted octanol–water partition coefficient (Wildman–Crippen LogP) is 0.855. The van der Waals surface area contributed by atoms with Crippen molar-refractivity contribution in [2.45, 2.75) is 20.3 Å². The number of nitrogens with zero attached hydrogens (tertiary/aromatic N) is 2. The molecule has 1 atom stereocenters. The molecule has 3 heteroatoms. The quantitative estimate of drug-likeness (QED) is 0.735. The summed E-state index contributed by atoms with van der Waals surface area (Å²) in [4.78, 5) is 4.97. The molecule has 1 rings (SSSR count). The Bertz CT molecular complexity index is 162. The van der Waals surface area contributed by atoms with E-state index < -0.39 is 0 Å². The van der Waals surface area contributed by atoms with Crippen molar-refractivity contribution in [2.75, 3.05) is 46.3 Å². The third kappa shape index (κ3) is 4.96. The van der Waals surface area contributed by atoms with E-state index in [0.29, 0.717) is 5.92 Å². The summed E-state index contributed by atoms with van der Waals surface area (Å²) in [6, 6.07) is 0. The van der Waals surface area contributed by atoms with Crippen molar-refractivity contribution in [3.63, 3.8) is 0 Å². The van der Waals surface area contributed by atoms with Crippen molar-refractivity contribution in [1.29, 1.82) is 0 Å². The van der Waals surface area contributed by atoms with Crippen molar-refractivity contribution >= 4 is 0 Å². The zero-order valence-corrected chi connectivity index (χ0v) is 10.6. The van der Waals surface area contributed by atoms with E-state index in [1.807, 2.05) is 0 Å². The van der Waals surface area contributed by atoms with Gasteiger partial charge in [-0.2, -0.15) is 0 Å². The van der Waals surface area contributed by atoms with E-state index in [9.17, 15) is 0 Å². The molecule has 0 amide bonds. The topological polar surface area (TPSA) is 32.5 Å². The first-order valence-electron chi connectivity index (χ1n) is 6.22.